The molecule has 0 aromatic heterocycles. The topological polar surface area (TPSA) is 29.1 Å². The number of nitrogens with one attached hydrogen (secondary N) is 1. The van der Waals surface area contributed by atoms with E-state index in [1.54, 1.807) is 11.8 Å². The number of thioether (sulfide) groups is 1. The summed E-state index contributed by atoms with van der Waals surface area (Å²) < 4.78 is 0. The van der Waals surface area contributed by atoms with Gasteiger partial charge in [-0.1, -0.05) is 11.6 Å². The first-order valence-corrected chi connectivity index (χ1v) is 10.6. The van der Waals surface area contributed by atoms with Crippen molar-refractivity contribution < 1.29 is 4.79 Å². The van der Waals surface area contributed by atoms with Gasteiger partial charge in [0.15, 0.2) is 0 Å². The molecular weight excluding hydrogens is 338 g/mol. The number of rotatable bonds is 5. The number of benzene rings is 1. The lowest BCUT2D eigenvalue weighted by atomic mass is 9.48. The molecule has 1 unspecified atom stereocenters. The van der Waals surface area contributed by atoms with Gasteiger partial charge in [-0.3, -0.25) is 4.79 Å². The Morgan fingerprint density at radius 3 is 2.25 bits per heavy atom. The Hall–Kier alpha value is -0.670. The van der Waals surface area contributed by atoms with Crippen molar-refractivity contribution in [3.05, 3.63) is 29.3 Å². The summed E-state index contributed by atoms with van der Waals surface area (Å²) in [5, 5.41) is 4.07. The lowest BCUT2D eigenvalue weighted by molar-refractivity contribution is -0.123. The third-order valence-electron chi connectivity index (χ3n) is 6.57. The van der Waals surface area contributed by atoms with Crippen LogP contribution >= 0.6 is 23.4 Å². The molecule has 4 aliphatic carbocycles. The maximum absolute atomic E-state index is 12.4. The molecule has 4 aliphatic rings. The first kappa shape index (κ1) is 16.8. The van der Waals surface area contributed by atoms with E-state index < -0.39 is 0 Å². The van der Waals surface area contributed by atoms with Crippen molar-refractivity contribution in [2.75, 3.05) is 5.75 Å². The second-order valence-electron chi connectivity index (χ2n) is 8.31. The summed E-state index contributed by atoms with van der Waals surface area (Å²) in [5.74, 6) is 3.44. The Morgan fingerprint density at radius 2 is 1.71 bits per heavy atom. The minimum absolute atomic E-state index is 0.165. The van der Waals surface area contributed by atoms with Crippen molar-refractivity contribution >= 4 is 29.3 Å². The number of amides is 1. The highest BCUT2D eigenvalue weighted by Crippen LogP contribution is 2.61. The van der Waals surface area contributed by atoms with E-state index in [2.05, 4.69) is 12.2 Å². The molecule has 4 fully saturated rings. The molecule has 1 aromatic carbocycles. The fourth-order valence-corrected chi connectivity index (χ4v) is 6.66. The Balaban J connectivity index is 1.33. The molecule has 0 saturated heterocycles. The van der Waals surface area contributed by atoms with E-state index in [1.165, 1.54) is 38.5 Å². The van der Waals surface area contributed by atoms with Gasteiger partial charge in [-0.25, -0.2) is 0 Å². The SMILES string of the molecule is CC(NC(=O)CSc1ccc(Cl)cc1)C12CC3CC(CC(C3)C1)C2. The molecule has 4 bridgehead atoms. The lowest BCUT2D eigenvalue weighted by Gasteiger charge is -2.59. The number of halogens is 1. The third-order valence-corrected chi connectivity index (χ3v) is 7.83. The first-order chi connectivity index (χ1) is 11.5. The predicted octanol–water partition coefficient (Wildman–Crippen LogP) is 5.15. The van der Waals surface area contributed by atoms with Gasteiger partial charge in [0.05, 0.1) is 5.75 Å². The van der Waals surface area contributed by atoms with Crippen LogP contribution in [0.15, 0.2) is 29.2 Å². The van der Waals surface area contributed by atoms with Crippen LogP contribution in [0.4, 0.5) is 0 Å². The van der Waals surface area contributed by atoms with Crippen LogP contribution in [-0.4, -0.2) is 17.7 Å². The van der Waals surface area contributed by atoms with Crippen LogP contribution in [0.2, 0.25) is 5.02 Å². The maximum Gasteiger partial charge on any atom is 0.230 e. The normalized spacial score (nSPS) is 35.0. The van der Waals surface area contributed by atoms with Crippen LogP contribution in [0.1, 0.15) is 45.4 Å². The maximum atomic E-state index is 12.4. The van der Waals surface area contributed by atoms with Gasteiger partial charge in [0.1, 0.15) is 0 Å². The Bertz CT molecular complexity index is 579. The molecule has 1 N–H and O–H groups in total. The zero-order valence-corrected chi connectivity index (χ0v) is 15.8. The van der Waals surface area contributed by atoms with Crippen LogP contribution in [0.3, 0.4) is 0 Å². The zero-order valence-electron chi connectivity index (χ0n) is 14.3. The van der Waals surface area contributed by atoms with E-state index in [-0.39, 0.29) is 5.91 Å². The number of carbonyl (C=O) groups is 1. The van der Waals surface area contributed by atoms with E-state index in [0.717, 1.165) is 27.7 Å². The number of hydrogen-bond acceptors (Lipinski definition) is 2. The summed E-state index contributed by atoms with van der Waals surface area (Å²) in [6.45, 7) is 2.25. The molecule has 0 radical (unpaired) electrons. The summed E-state index contributed by atoms with van der Waals surface area (Å²) in [4.78, 5) is 13.5. The van der Waals surface area contributed by atoms with Gasteiger partial charge in [0, 0.05) is 16.0 Å². The molecule has 1 amide bonds. The van der Waals surface area contributed by atoms with E-state index >= 15 is 0 Å². The number of hydrogen-bond donors (Lipinski definition) is 1. The van der Waals surface area contributed by atoms with Crippen molar-refractivity contribution in [3.63, 3.8) is 0 Å². The highest BCUT2D eigenvalue weighted by molar-refractivity contribution is 8.00. The van der Waals surface area contributed by atoms with Crippen molar-refractivity contribution in [3.8, 4) is 0 Å². The van der Waals surface area contributed by atoms with Gasteiger partial charge in [0.2, 0.25) is 5.91 Å². The van der Waals surface area contributed by atoms with Crippen LogP contribution in [-0.2, 0) is 4.79 Å². The van der Waals surface area contributed by atoms with Crippen molar-refractivity contribution in [1.29, 1.82) is 0 Å². The molecule has 0 aliphatic heterocycles. The van der Waals surface area contributed by atoms with E-state index in [9.17, 15) is 4.79 Å². The molecule has 130 valence electrons. The molecule has 1 aromatic rings. The van der Waals surface area contributed by atoms with Gasteiger partial charge in [-0.2, -0.15) is 0 Å². The largest absolute Gasteiger partial charge is 0.352 e. The van der Waals surface area contributed by atoms with Crippen molar-refractivity contribution in [2.45, 2.75) is 56.4 Å². The minimum Gasteiger partial charge on any atom is -0.352 e. The average Bonchev–Trinajstić information content (AvgIpc) is 2.53. The summed E-state index contributed by atoms with van der Waals surface area (Å²) in [5.41, 5.74) is 0.384. The van der Waals surface area contributed by atoms with Crippen LogP contribution < -0.4 is 5.32 Å². The van der Waals surface area contributed by atoms with Crippen molar-refractivity contribution in [1.82, 2.24) is 5.32 Å². The number of carbonyl (C=O) groups excluding carboxylic acids is 1. The Labute approximate surface area is 154 Å². The third kappa shape index (κ3) is 3.35. The molecule has 5 rings (SSSR count). The van der Waals surface area contributed by atoms with E-state index in [0.29, 0.717) is 17.2 Å². The Morgan fingerprint density at radius 1 is 1.17 bits per heavy atom. The summed E-state index contributed by atoms with van der Waals surface area (Å²) >= 11 is 7.49. The minimum atomic E-state index is 0.165. The molecule has 2 nitrogen and oxygen atoms in total. The summed E-state index contributed by atoms with van der Waals surface area (Å²) in [6, 6.07) is 8.01. The van der Waals surface area contributed by atoms with Crippen LogP contribution in [0.5, 0.6) is 0 Å². The zero-order chi connectivity index (χ0) is 16.7. The predicted molar refractivity (Wildman–Crippen MR) is 100 cm³/mol. The molecule has 4 saturated carbocycles. The van der Waals surface area contributed by atoms with Crippen LogP contribution in [0, 0.1) is 23.2 Å². The average molecular weight is 364 g/mol. The highest BCUT2D eigenvalue weighted by Gasteiger charge is 2.53. The lowest BCUT2D eigenvalue weighted by Crippen LogP contribution is -2.56. The van der Waals surface area contributed by atoms with Gasteiger partial charge >= 0.3 is 0 Å². The summed E-state index contributed by atoms with van der Waals surface area (Å²) in [7, 11) is 0. The monoisotopic (exact) mass is 363 g/mol. The molecule has 0 heterocycles. The molecular formula is C20H26ClNOS. The first-order valence-electron chi connectivity index (χ1n) is 9.20. The molecule has 0 spiro atoms. The van der Waals surface area contributed by atoms with Gasteiger partial charge < -0.3 is 5.32 Å². The standard InChI is InChI=1S/C20H26ClNOS/c1-13(20-9-14-6-15(10-20)8-16(7-14)11-20)22-19(23)12-24-18-4-2-17(21)3-5-18/h2-5,13-16H,6-12H2,1H3,(H,22,23). The quantitative estimate of drug-likeness (QED) is 0.732. The van der Waals surface area contributed by atoms with E-state index in [1.807, 2.05) is 24.3 Å². The fraction of sp³-hybridized carbons (Fsp3) is 0.650. The fourth-order valence-electron chi connectivity index (χ4n) is 5.82. The molecule has 24 heavy (non-hydrogen) atoms. The molecule has 1 atom stereocenters. The smallest absolute Gasteiger partial charge is 0.230 e. The second kappa shape index (κ2) is 6.57. The molecule has 4 heteroatoms. The van der Waals surface area contributed by atoms with Gasteiger partial charge in [0.25, 0.3) is 0 Å². The summed E-state index contributed by atoms with van der Waals surface area (Å²) in [6.07, 6.45) is 8.37. The second-order valence-corrected chi connectivity index (χ2v) is 9.80. The van der Waals surface area contributed by atoms with Gasteiger partial charge in [-0.15, -0.1) is 11.8 Å². The van der Waals surface area contributed by atoms with Gasteiger partial charge in [-0.05, 0) is 92.9 Å². The Kier molecular flexibility index (Phi) is 4.59. The van der Waals surface area contributed by atoms with Crippen LogP contribution in [0.25, 0.3) is 0 Å². The van der Waals surface area contributed by atoms with E-state index in [4.69, 9.17) is 11.6 Å². The van der Waals surface area contributed by atoms with Crippen molar-refractivity contribution in [2.24, 2.45) is 23.2 Å². The highest BCUT2D eigenvalue weighted by atomic mass is 35.5.